The SMILES string of the molecule is O=C(Nc1ccc(Cl)cc1)N[C@@H](Cc1ccccc1)C(=O)NCC1CCN(c2ccncc2)CC1. The Kier molecular flexibility index (Phi) is 8.57. The second kappa shape index (κ2) is 12.2. The lowest BCUT2D eigenvalue weighted by molar-refractivity contribution is -0.123. The number of pyridine rings is 1. The molecule has 3 amide bonds. The summed E-state index contributed by atoms with van der Waals surface area (Å²) in [4.78, 5) is 32.2. The van der Waals surface area contributed by atoms with Crippen molar-refractivity contribution in [1.29, 1.82) is 0 Å². The highest BCUT2D eigenvalue weighted by Crippen LogP contribution is 2.22. The lowest BCUT2D eigenvalue weighted by Crippen LogP contribution is -2.50. The molecule has 0 aliphatic carbocycles. The molecule has 2 heterocycles. The molecule has 4 rings (SSSR count). The van der Waals surface area contributed by atoms with Gasteiger partial charge in [0.25, 0.3) is 0 Å². The summed E-state index contributed by atoms with van der Waals surface area (Å²) in [5, 5.41) is 9.27. The molecule has 0 unspecified atom stereocenters. The van der Waals surface area contributed by atoms with Gasteiger partial charge >= 0.3 is 6.03 Å². The highest BCUT2D eigenvalue weighted by atomic mass is 35.5. The highest BCUT2D eigenvalue weighted by Gasteiger charge is 2.24. The largest absolute Gasteiger partial charge is 0.371 e. The van der Waals surface area contributed by atoms with Gasteiger partial charge in [0.15, 0.2) is 0 Å². The van der Waals surface area contributed by atoms with E-state index in [1.807, 2.05) is 54.9 Å². The van der Waals surface area contributed by atoms with Crippen LogP contribution in [0.5, 0.6) is 0 Å². The van der Waals surface area contributed by atoms with Crippen LogP contribution in [0.15, 0.2) is 79.1 Å². The van der Waals surface area contributed by atoms with Gasteiger partial charge in [-0.05, 0) is 60.7 Å². The van der Waals surface area contributed by atoms with E-state index in [1.54, 1.807) is 24.3 Å². The summed E-state index contributed by atoms with van der Waals surface area (Å²) in [7, 11) is 0. The first-order valence-electron chi connectivity index (χ1n) is 11.9. The van der Waals surface area contributed by atoms with E-state index in [9.17, 15) is 9.59 Å². The summed E-state index contributed by atoms with van der Waals surface area (Å²) < 4.78 is 0. The van der Waals surface area contributed by atoms with Crippen molar-refractivity contribution >= 4 is 34.9 Å². The Hall–Kier alpha value is -3.58. The number of halogens is 1. The first kappa shape index (κ1) is 24.5. The van der Waals surface area contributed by atoms with Gasteiger partial charge in [-0.25, -0.2) is 4.79 Å². The van der Waals surface area contributed by atoms with Crippen molar-refractivity contribution < 1.29 is 9.59 Å². The molecule has 1 aromatic heterocycles. The van der Waals surface area contributed by atoms with E-state index in [4.69, 9.17) is 11.6 Å². The fraction of sp³-hybridized carbons (Fsp3) is 0.296. The first-order chi connectivity index (χ1) is 17.1. The third-order valence-corrected chi connectivity index (χ3v) is 6.47. The lowest BCUT2D eigenvalue weighted by Gasteiger charge is -2.33. The van der Waals surface area contributed by atoms with E-state index in [1.165, 1.54) is 5.69 Å². The monoisotopic (exact) mass is 491 g/mol. The number of rotatable bonds is 8. The van der Waals surface area contributed by atoms with Gasteiger partial charge in [-0.15, -0.1) is 0 Å². The van der Waals surface area contributed by atoms with Crippen molar-refractivity contribution in [2.75, 3.05) is 29.9 Å². The van der Waals surface area contributed by atoms with E-state index in [2.05, 4.69) is 25.8 Å². The van der Waals surface area contributed by atoms with Crippen LogP contribution in [0, 0.1) is 5.92 Å². The molecule has 35 heavy (non-hydrogen) atoms. The summed E-state index contributed by atoms with van der Waals surface area (Å²) in [6, 6.07) is 19.4. The standard InChI is InChI=1S/C27H30ClN5O2/c28-22-6-8-23(9-7-22)31-27(35)32-25(18-20-4-2-1-3-5-20)26(34)30-19-21-12-16-33(17-13-21)24-10-14-29-15-11-24/h1-11,14-15,21,25H,12-13,16-19H2,(H,30,34)(H2,31,32,35)/t25-/m0/s1. The predicted molar refractivity (Wildman–Crippen MR) is 140 cm³/mol. The number of nitrogens with zero attached hydrogens (tertiary/aromatic N) is 2. The van der Waals surface area contributed by atoms with Gasteiger partial charge < -0.3 is 20.9 Å². The fourth-order valence-corrected chi connectivity index (χ4v) is 4.36. The Morgan fingerprint density at radius 1 is 0.971 bits per heavy atom. The zero-order valence-electron chi connectivity index (χ0n) is 19.5. The Bertz CT molecular complexity index is 1090. The van der Waals surface area contributed by atoms with E-state index < -0.39 is 12.1 Å². The maximum Gasteiger partial charge on any atom is 0.319 e. The van der Waals surface area contributed by atoms with Gasteiger partial charge in [-0.1, -0.05) is 41.9 Å². The first-order valence-corrected chi connectivity index (χ1v) is 12.2. The number of piperidine rings is 1. The summed E-state index contributed by atoms with van der Waals surface area (Å²) in [5.74, 6) is 0.217. The Labute approximate surface area is 210 Å². The summed E-state index contributed by atoms with van der Waals surface area (Å²) >= 11 is 5.92. The van der Waals surface area contributed by atoms with Gasteiger partial charge in [0.2, 0.25) is 5.91 Å². The molecular weight excluding hydrogens is 462 g/mol. The van der Waals surface area contributed by atoms with Crippen LogP contribution < -0.4 is 20.9 Å². The number of carbonyl (C=O) groups is 2. The van der Waals surface area contributed by atoms with Crippen LogP contribution in [0.1, 0.15) is 18.4 Å². The molecule has 1 saturated heterocycles. The lowest BCUT2D eigenvalue weighted by atomic mass is 9.96. The van der Waals surface area contributed by atoms with Crippen LogP contribution in [0.3, 0.4) is 0 Å². The van der Waals surface area contributed by atoms with E-state index in [0.717, 1.165) is 31.5 Å². The Balaban J connectivity index is 1.31. The van der Waals surface area contributed by atoms with Crippen LogP contribution in [-0.4, -0.2) is 42.6 Å². The molecule has 182 valence electrons. The Morgan fingerprint density at radius 3 is 2.34 bits per heavy atom. The quantitative estimate of drug-likeness (QED) is 0.433. The van der Waals surface area contributed by atoms with Gasteiger partial charge in [0.1, 0.15) is 6.04 Å². The number of nitrogens with one attached hydrogen (secondary N) is 3. The third kappa shape index (κ3) is 7.45. The van der Waals surface area contributed by atoms with Crippen LogP contribution >= 0.6 is 11.6 Å². The predicted octanol–water partition coefficient (Wildman–Crippen LogP) is 4.50. The number of urea groups is 1. The molecule has 0 bridgehead atoms. The molecule has 3 aromatic rings. The van der Waals surface area contributed by atoms with Crippen molar-refractivity contribution in [2.45, 2.75) is 25.3 Å². The van der Waals surface area contributed by atoms with Crippen molar-refractivity contribution in [3.8, 4) is 0 Å². The zero-order chi connectivity index (χ0) is 24.5. The zero-order valence-corrected chi connectivity index (χ0v) is 20.2. The normalized spacial score (nSPS) is 14.7. The second-order valence-corrected chi connectivity index (χ2v) is 9.17. The van der Waals surface area contributed by atoms with Gasteiger partial charge in [0, 0.05) is 54.8 Å². The minimum absolute atomic E-state index is 0.184. The number of hydrogen-bond acceptors (Lipinski definition) is 4. The topological polar surface area (TPSA) is 86.4 Å². The summed E-state index contributed by atoms with van der Waals surface area (Å²) in [6.07, 6.45) is 6.02. The van der Waals surface area contributed by atoms with Crippen LogP contribution in [-0.2, 0) is 11.2 Å². The van der Waals surface area contributed by atoms with E-state index in [-0.39, 0.29) is 5.91 Å². The van der Waals surface area contributed by atoms with Crippen molar-refractivity contribution in [3.05, 3.63) is 89.7 Å². The maximum atomic E-state index is 13.1. The molecule has 2 aromatic carbocycles. The summed E-state index contributed by atoms with van der Waals surface area (Å²) in [6.45, 7) is 2.48. The molecule has 1 atom stereocenters. The molecule has 8 heteroatoms. The van der Waals surface area contributed by atoms with Gasteiger partial charge in [-0.3, -0.25) is 9.78 Å². The molecule has 1 aliphatic rings. The average molecular weight is 492 g/mol. The van der Waals surface area contributed by atoms with Gasteiger partial charge in [0.05, 0.1) is 0 Å². The maximum absolute atomic E-state index is 13.1. The number of carbonyl (C=O) groups excluding carboxylic acids is 2. The average Bonchev–Trinajstić information content (AvgIpc) is 2.89. The van der Waals surface area contributed by atoms with Crippen LogP contribution in [0.4, 0.5) is 16.2 Å². The van der Waals surface area contributed by atoms with E-state index in [0.29, 0.717) is 29.6 Å². The molecule has 7 nitrogen and oxygen atoms in total. The molecule has 1 fully saturated rings. The second-order valence-electron chi connectivity index (χ2n) is 8.73. The molecular formula is C27H30ClN5O2. The highest BCUT2D eigenvalue weighted by molar-refractivity contribution is 6.30. The minimum Gasteiger partial charge on any atom is -0.371 e. The smallest absolute Gasteiger partial charge is 0.319 e. The molecule has 1 aliphatic heterocycles. The molecule has 0 radical (unpaired) electrons. The Morgan fingerprint density at radius 2 is 1.66 bits per heavy atom. The molecule has 0 spiro atoms. The van der Waals surface area contributed by atoms with Crippen molar-refractivity contribution in [1.82, 2.24) is 15.6 Å². The van der Waals surface area contributed by atoms with Gasteiger partial charge in [-0.2, -0.15) is 0 Å². The third-order valence-electron chi connectivity index (χ3n) is 6.21. The van der Waals surface area contributed by atoms with Crippen LogP contribution in [0.25, 0.3) is 0 Å². The molecule has 0 saturated carbocycles. The van der Waals surface area contributed by atoms with Crippen molar-refractivity contribution in [3.63, 3.8) is 0 Å². The number of aromatic nitrogens is 1. The van der Waals surface area contributed by atoms with Crippen LogP contribution in [0.2, 0.25) is 5.02 Å². The number of amides is 3. The minimum atomic E-state index is -0.693. The van der Waals surface area contributed by atoms with Crippen molar-refractivity contribution in [2.24, 2.45) is 5.92 Å². The fourth-order valence-electron chi connectivity index (χ4n) is 4.24. The molecule has 3 N–H and O–H groups in total. The van der Waals surface area contributed by atoms with E-state index >= 15 is 0 Å². The summed E-state index contributed by atoms with van der Waals surface area (Å²) in [5.41, 5.74) is 2.76. The number of benzene rings is 2. The number of hydrogen-bond donors (Lipinski definition) is 3. The number of anilines is 2.